The van der Waals surface area contributed by atoms with E-state index >= 15 is 0 Å². The largest absolute Gasteiger partial charge is 0.387 e. The Balaban J connectivity index is 1.27. The first-order valence-corrected chi connectivity index (χ1v) is 17.3. The average Bonchev–Trinajstić information content (AvgIpc) is 3.06. The minimum atomic E-state index is 0.601. The number of rotatable bonds is 6. The second-order valence-corrected chi connectivity index (χ2v) is 14.1. The van der Waals surface area contributed by atoms with Crippen molar-refractivity contribution in [3.8, 4) is 0 Å². The summed E-state index contributed by atoms with van der Waals surface area (Å²) in [6.45, 7) is 8.07. The smallest absolute Gasteiger partial charge is 0.0685 e. The van der Waals surface area contributed by atoms with Crippen LogP contribution in [0.2, 0.25) is 0 Å². The lowest BCUT2D eigenvalue weighted by atomic mass is 9.51. The summed E-state index contributed by atoms with van der Waals surface area (Å²) in [6.07, 6.45) is 37.8. The number of nitrogens with one attached hydrogen (secondary N) is 1. The van der Waals surface area contributed by atoms with E-state index in [2.05, 4.69) is 92.9 Å². The quantitative estimate of drug-likeness (QED) is 0.344. The third-order valence-corrected chi connectivity index (χ3v) is 11.7. The van der Waals surface area contributed by atoms with Crippen LogP contribution in [0, 0.1) is 41.4 Å². The molecule has 0 spiro atoms. The molecule has 1 saturated carbocycles. The van der Waals surface area contributed by atoms with Gasteiger partial charge in [0.1, 0.15) is 0 Å². The predicted molar refractivity (Wildman–Crippen MR) is 182 cm³/mol. The third kappa shape index (κ3) is 5.41. The molecular weight excluding hydrogens is 520 g/mol. The Morgan fingerprint density at radius 2 is 1.84 bits per heavy atom. The molecule has 2 heteroatoms. The van der Waals surface area contributed by atoms with Gasteiger partial charge in [-0.15, -0.1) is 0 Å². The lowest BCUT2D eigenvalue weighted by Gasteiger charge is -2.53. The van der Waals surface area contributed by atoms with Crippen LogP contribution in [0.4, 0.5) is 0 Å². The first-order valence-electron chi connectivity index (χ1n) is 17.3. The maximum absolute atomic E-state index is 4.76. The maximum Gasteiger partial charge on any atom is 0.0685 e. The fourth-order valence-corrected chi connectivity index (χ4v) is 9.87. The van der Waals surface area contributed by atoms with Crippen molar-refractivity contribution in [2.24, 2.45) is 41.4 Å². The van der Waals surface area contributed by atoms with E-state index in [1.54, 1.807) is 11.1 Å². The van der Waals surface area contributed by atoms with Gasteiger partial charge in [0.2, 0.25) is 0 Å². The lowest BCUT2D eigenvalue weighted by molar-refractivity contribution is 0.0655. The van der Waals surface area contributed by atoms with Crippen LogP contribution < -0.4 is 5.32 Å². The number of pyridine rings is 1. The van der Waals surface area contributed by atoms with E-state index in [0.29, 0.717) is 23.7 Å². The molecule has 2 heterocycles. The van der Waals surface area contributed by atoms with E-state index in [9.17, 15) is 0 Å². The van der Waals surface area contributed by atoms with Gasteiger partial charge in [-0.05, 0) is 140 Å². The van der Waals surface area contributed by atoms with Crippen LogP contribution in [-0.4, -0.2) is 11.5 Å². The van der Waals surface area contributed by atoms with E-state index in [1.807, 2.05) is 18.0 Å². The molecule has 43 heavy (non-hydrogen) atoms. The van der Waals surface area contributed by atoms with Gasteiger partial charge in [-0.1, -0.05) is 91.5 Å². The van der Waals surface area contributed by atoms with Crippen molar-refractivity contribution in [1.82, 2.24) is 10.3 Å². The SMILES string of the molecule is CCCC1=C(C)C(C2C=CC(C)=CC2)C2CCCCC2C1C1C=CC(c2ccnc(C3=CC=CNC3)c2)=C2C=CCCC21. The van der Waals surface area contributed by atoms with E-state index < -0.39 is 0 Å². The third-order valence-electron chi connectivity index (χ3n) is 11.7. The Labute approximate surface area is 260 Å². The molecule has 7 unspecified atom stereocenters. The Morgan fingerprint density at radius 1 is 0.977 bits per heavy atom. The highest BCUT2D eigenvalue weighted by Gasteiger charge is 2.49. The molecule has 5 aliphatic carbocycles. The first kappa shape index (κ1) is 28.6. The Morgan fingerprint density at radius 3 is 2.60 bits per heavy atom. The predicted octanol–water partition coefficient (Wildman–Crippen LogP) is 10.2. The first-order chi connectivity index (χ1) is 21.1. The van der Waals surface area contributed by atoms with Crippen LogP contribution in [0.25, 0.3) is 11.1 Å². The van der Waals surface area contributed by atoms with Gasteiger partial charge in [0.25, 0.3) is 0 Å². The van der Waals surface area contributed by atoms with Gasteiger partial charge in [-0.2, -0.15) is 0 Å². The summed E-state index contributed by atoms with van der Waals surface area (Å²) in [5.74, 6) is 4.94. The molecule has 2 nitrogen and oxygen atoms in total. The van der Waals surface area contributed by atoms with Crippen molar-refractivity contribution in [2.45, 2.75) is 78.6 Å². The Hall–Kier alpha value is -3.13. The van der Waals surface area contributed by atoms with Crippen LogP contribution >= 0.6 is 0 Å². The van der Waals surface area contributed by atoms with Gasteiger partial charge in [0.05, 0.1) is 5.69 Å². The molecule has 7 atom stereocenters. The molecule has 1 aromatic heterocycles. The number of hydrogen-bond acceptors (Lipinski definition) is 2. The van der Waals surface area contributed by atoms with E-state index in [0.717, 1.165) is 30.0 Å². The van der Waals surface area contributed by atoms with Crippen molar-refractivity contribution in [3.63, 3.8) is 0 Å². The zero-order valence-corrected chi connectivity index (χ0v) is 26.6. The normalized spacial score (nSPS) is 33.5. The van der Waals surface area contributed by atoms with Crippen LogP contribution in [0.1, 0.15) is 89.8 Å². The van der Waals surface area contributed by atoms with Gasteiger partial charge in [-0.3, -0.25) is 4.98 Å². The van der Waals surface area contributed by atoms with Crippen LogP contribution in [-0.2, 0) is 0 Å². The van der Waals surface area contributed by atoms with E-state index in [-0.39, 0.29) is 0 Å². The standard InChI is InChI=1S/C41H50N2/c1-4-10-32-28(3)40(29-18-16-27(2)17-19-29)36-14-7-8-15-37(36)41(32)38-21-20-33(34-12-5-6-13-35(34)38)30-22-24-43-39(25-30)31-11-9-23-42-26-31/h5,9,11-12,16-18,20-25,29,35-38,40-42H,4,6-8,10,13-15,19,26H2,1-3H3. The van der Waals surface area contributed by atoms with Crippen LogP contribution in [0.5, 0.6) is 0 Å². The van der Waals surface area contributed by atoms with Crippen molar-refractivity contribution >= 4 is 11.1 Å². The number of fused-ring (bicyclic) bond motifs is 2. The Kier molecular flexibility index (Phi) is 8.30. The highest BCUT2D eigenvalue weighted by atomic mass is 14.8. The molecule has 0 amide bonds. The second-order valence-electron chi connectivity index (χ2n) is 14.1. The summed E-state index contributed by atoms with van der Waals surface area (Å²) < 4.78 is 0. The Bertz CT molecular complexity index is 1470. The summed E-state index contributed by atoms with van der Waals surface area (Å²) in [6, 6.07) is 4.55. The summed E-state index contributed by atoms with van der Waals surface area (Å²) in [7, 11) is 0. The molecule has 1 N–H and O–H groups in total. The van der Waals surface area contributed by atoms with E-state index in [1.165, 1.54) is 80.1 Å². The molecule has 1 fully saturated rings. The zero-order chi connectivity index (χ0) is 29.3. The summed E-state index contributed by atoms with van der Waals surface area (Å²) in [5.41, 5.74) is 11.7. The number of allylic oxidation sites excluding steroid dienone is 14. The molecule has 7 rings (SSSR count). The van der Waals surface area contributed by atoms with Gasteiger partial charge in [-0.25, -0.2) is 0 Å². The van der Waals surface area contributed by atoms with Gasteiger partial charge >= 0.3 is 0 Å². The monoisotopic (exact) mass is 570 g/mol. The summed E-state index contributed by atoms with van der Waals surface area (Å²) in [4.78, 5) is 4.76. The topological polar surface area (TPSA) is 24.9 Å². The van der Waals surface area contributed by atoms with Crippen LogP contribution in [0.15, 0.2) is 102 Å². The highest BCUT2D eigenvalue weighted by molar-refractivity contribution is 5.82. The van der Waals surface area contributed by atoms with E-state index in [4.69, 9.17) is 4.98 Å². The molecule has 224 valence electrons. The lowest BCUT2D eigenvalue weighted by Crippen LogP contribution is -2.45. The molecule has 1 aromatic rings. The molecule has 0 radical (unpaired) electrons. The second kappa shape index (κ2) is 12.5. The molecule has 0 aromatic carbocycles. The number of hydrogen-bond donors (Lipinski definition) is 1. The van der Waals surface area contributed by atoms with Crippen LogP contribution in [0.3, 0.4) is 0 Å². The molecule has 6 aliphatic rings. The van der Waals surface area contributed by atoms with Gasteiger partial charge < -0.3 is 5.32 Å². The molecule has 0 saturated heterocycles. The van der Waals surface area contributed by atoms with Crippen molar-refractivity contribution in [3.05, 3.63) is 113 Å². The maximum atomic E-state index is 4.76. The average molecular weight is 571 g/mol. The van der Waals surface area contributed by atoms with Gasteiger partial charge in [0, 0.05) is 12.7 Å². The number of dihydropyridines is 1. The zero-order valence-electron chi connectivity index (χ0n) is 26.6. The van der Waals surface area contributed by atoms with Gasteiger partial charge in [0.15, 0.2) is 0 Å². The fraction of sp³-hybridized carbons (Fsp3) is 0.488. The molecular formula is C41H50N2. The minimum absolute atomic E-state index is 0.601. The van der Waals surface area contributed by atoms with Crippen molar-refractivity contribution in [1.29, 1.82) is 0 Å². The molecule has 1 aliphatic heterocycles. The number of aromatic nitrogens is 1. The summed E-state index contributed by atoms with van der Waals surface area (Å²) >= 11 is 0. The fourth-order valence-electron chi connectivity index (χ4n) is 9.87. The minimum Gasteiger partial charge on any atom is -0.387 e. The van der Waals surface area contributed by atoms with Crippen molar-refractivity contribution < 1.29 is 0 Å². The van der Waals surface area contributed by atoms with Crippen molar-refractivity contribution in [2.75, 3.05) is 6.54 Å². The number of nitrogens with zero attached hydrogens (tertiary/aromatic N) is 1. The molecule has 0 bridgehead atoms. The summed E-state index contributed by atoms with van der Waals surface area (Å²) in [5, 5.41) is 3.35. The highest BCUT2D eigenvalue weighted by Crippen LogP contribution is 2.58.